The number of amides is 3. The van der Waals surface area contributed by atoms with E-state index in [1.54, 1.807) is 23.5 Å². The van der Waals surface area contributed by atoms with Crippen molar-refractivity contribution in [1.82, 2.24) is 9.88 Å². The van der Waals surface area contributed by atoms with Crippen molar-refractivity contribution in [3.8, 4) is 10.6 Å². The quantitative estimate of drug-likeness (QED) is 0.171. The first kappa shape index (κ1) is 26.7. The summed E-state index contributed by atoms with van der Waals surface area (Å²) in [6.07, 6.45) is 1.06. The van der Waals surface area contributed by atoms with Crippen molar-refractivity contribution in [2.45, 2.75) is 38.3 Å². The average molecular weight is 571 g/mol. The van der Waals surface area contributed by atoms with Gasteiger partial charge in [0.1, 0.15) is 11.0 Å². The minimum absolute atomic E-state index is 0.0753. The highest BCUT2D eigenvalue weighted by Crippen LogP contribution is 2.34. The molecular weight excluding hydrogens is 544 g/mol. The lowest BCUT2D eigenvalue weighted by Crippen LogP contribution is -2.48. The molecule has 3 amide bonds. The van der Waals surface area contributed by atoms with Crippen molar-refractivity contribution in [2.75, 3.05) is 18.1 Å². The highest BCUT2D eigenvalue weighted by atomic mass is 32.1. The molecule has 2 aliphatic heterocycles. The van der Waals surface area contributed by atoms with E-state index >= 15 is 0 Å². The van der Waals surface area contributed by atoms with Crippen LogP contribution in [0.2, 0.25) is 0 Å². The van der Waals surface area contributed by atoms with E-state index in [-0.39, 0.29) is 30.3 Å². The van der Waals surface area contributed by atoms with Gasteiger partial charge in [-0.05, 0) is 67.8 Å². The van der Waals surface area contributed by atoms with E-state index in [9.17, 15) is 24.5 Å². The number of aryl methyl sites for hydroxylation is 1. The Bertz CT molecular complexity index is 1680. The minimum Gasteiger partial charge on any atom is -0.376 e. The summed E-state index contributed by atoms with van der Waals surface area (Å²) in [5, 5.41) is 12.1. The Morgan fingerprint density at radius 3 is 2.68 bits per heavy atom. The monoisotopic (exact) mass is 570 g/mol. The molecule has 0 spiro atoms. The zero-order valence-corrected chi connectivity index (χ0v) is 23.0. The van der Waals surface area contributed by atoms with Crippen LogP contribution in [-0.4, -0.2) is 57.8 Å². The first-order valence-electron chi connectivity index (χ1n) is 13.3. The van der Waals surface area contributed by atoms with Gasteiger partial charge in [-0.3, -0.25) is 24.5 Å². The molecule has 0 saturated carbocycles. The van der Waals surface area contributed by atoms with Crippen molar-refractivity contribution in [3.05, 3.63) is 88.0 Å². The number of nitrogens with zero attached hydrogens (tertiary/aromatic N) is 4. The van der Waals surface area contributed by atoms with Gasteiger partial charge in [-0.2, -0.15) is 0 Å². The lowest BCUT2D eigenvalue weighted by Gasteiger charge is -2.29. The maximum atomic E-state index is 13.7. The summed E-state index contributed by atoms with van der Waals surface area (Å²) >= 11 is 1.57. The van der Waals surface area contributed by atoms with Crippen molar-refractivity contribution >= 4 is 50.6 Å². The Kier molecular flexibility index (Phi) is 7.06. The molecule has 4 aromatic rings. The third kappa shape index (κ3) is 5.21. The maximum Gasteiger partial charge on any atom is 0.270 e. The molecule has 10 nitrogen and oxygen atoms in total. The molecule has 6 rings (SSSR count). The first-order valence-corrected chi connectivity index (χ1v) is 14.1. The molecule has 3 aromatic carbocycles. The fourth-order valence-corrected chi connectivity index (χ4v) is 6.39. The number of fused-ring (bicyclic) bond motifs is 1. The van der Waals surface area contributed by atoms with Crippen molar-refractivity contribution in [1.29, 1.82) is 0 Å². The maximum absolute atomic E-state index is 13.7. The zero-order chi connectivity index (χ0) is 28.7. The summed E-state index contributed by atoms with van der Waals surface area (Å²) in [6, 6.07) is 17.5. The van der Waals surface area contributed by atoms with Crippen molar-refractivity contribution < 1.29 is 24.0 Å². The molecule has 208 valence electrons. The topological polar surface area (TPSA) is 123 Å². The van der Waals surface area contributed by atoms with Gasteiger partial charge >= 0.3 is 0 Å². The average Bonchev–Trinajstić information content (AvgIpc) is 3.70. The number of anilines is 1. The van der Waals surface area contributed by atoms with Crippen LogP contribution in [0.15, 0.2) is 66.7 Å². The second-order valence-corrected chi connectivity index (χ2v) is 11.3. The number of ether oxygens (including phenoxy) is 1. The molecular formula is C30H26N4O6S. The Morgan fingerprint density at radius 1 is 1.15 bits per heavy atom. The molecule has 3 heterocycles. The molecule has 0 N–H and O–H groups in total. The largest absolute Gasteiger partial charge is 0.376 e. The number of nitro benzene ring substituents is 1. The number of non-ortho nitro benzene ring substituents is 1. The number of carbonyl (C=O) groups excluding carboxylic acids is 3. The summed E-state index contributed by atoms with van der Waals surface area (Å²) in [7, 11) is 0. The molecule has 2 unspecified atom stereocenters. The van der Waals surface area contributed by atoms with E-state index in [0.29, 0.717) is 18.7 Å². The van der Waals surface area contributed by atoms with Gasteiger partial charge in [0.15, 0.2) is 0 Å². The van der Waals surface area contributed by atoms with E-state index in [2.05, 4.69) is 6.07 Å². The van der Waals surface area contributed by atoms with Gasteiger partial charge in [0, 0.05) is 36.4 Å². The van der Waals surface area contributed by atoms with Gasteiger partial charge < -0.3 is 9.64 Å². The smallest absolute Gasteiger partial charge is 0.270 e. The molecule has 0 aliphatic carbocycles. The number of hydrogen-bond acceptors (Lipinski definition) is 8. The van der Waals surface area contributed by atoms with Crippen LogP contribution in [-0.2, 0) is 14.3 Å². The molecule has 11 heteroatoms. The molecule has 2 atom stereocenters. The molecule has 0 radical (unpaired) electrons. The predicted molar refractivity (Wildman–Crippen MR) is 154 cm³/mol. The number of aromatic nitrogens is 1. The van der Waals surface area contributed by atoms with Crippen molar-refractivity contribution in [3.63, 3.8) is 0 Å². The van der Waals surface area contributed by atoms with Gasteiger partial charge in [-0.1, -0.05) is 12.1 Å². The number of nitro groups is 1. The summed E-state index contributed by atoms with van der Waals surface area (Å²) in [5.74, 6) is -1.50. The number of benzene rings is 3. The summed E-state index contributed by atoms with van der Waals surface area (Å²) < 4.78 is 6.81. The van der Waals surface area contributed by atoms with Crippen LogP contribution in [0.1, 0.15) is 35.2 Å². The van der Waals surface area contributed by atoms with Crippen LogP contribution in [0.3, 0.4) is 0 Å². The van der Waals surface area contributed by atoms with Gasteiger partial charge in [0.05, 0.1) is 33.4 Å². The normalized spacial score (nSPS) is 18.8. The first-order chi connectivity index (χ1) is 19.8. The standard InChI is InChI=1S/C30H26N4O6S/c1-18-7-12-24-26(14-18)41-28(31-24)19-8-10-21(11-9-19)33-27(35)16-25(30(33)37)32(17-23-6-3-13-40-23)29(36)20-4-2-5-22(15-20)34(38)39/h2,4-5,7-12,14-15,23,25H,3,6,13,16-17H2,1H3. The second kappa shape index (κ2) is 10.8. The summed E-state index contributed by atoms with van der Waals surface area (Å²) in [5.41, 5.74) is 3.18. The van der Waals surface area contributed by atoms with E-state index in [4.69, 9.17) is 9.72 Å². The van der Waals surface area contributed by atoms with E-state index in [1.165, 1.54) is 29.2 Å². The Hall–Kier alpha value is -4.48. The molecule has 2 fully saturated rings. The number of rotatable bonds is 7. The third-order valence-corrected chi connectivity index (χ3v) is 8.47. The van der Waals surface area contributed by atoms with Gasteiger partial charge in [-0.15, -0.1) is 11.3 Å². The molecule has 2 aliphatic rings. The zero-order valence-electron chi connectivity index (χ0n) is 22.2. The number of carbonyl (C=O) groups is 3. The SMILES string of the molecule is Cc1ccc2nc(-c3ccc(N4C(=O)CC(N(CC5CCCO5)C(=O)c5cccc([N+](=O)[O-])c5)C4=O)cc3)sc2c1. The lowest BCUT2D eigenvalue weighted by molar-refractivity contribution is -0.384. The van der Waals surface area contributed by atoms with Crippen LogP contribution >= 0.6 is 11.3 Å². The Balaban J connectivity index is 1.27. The highest BCUT2D eigenvalue weighted by Gasteiger charge is 2.45. The van der Waals surface area contributed by atoms with Crippen LogP contribution in [0.4, 0.5) is 11.4 Å². The van der Waals surface area contributed by atoms with Crippen LogP contribution in [0.5, 0.6) is 0 Å². The lowest BCUT2D eigenvalue weighted by atomic mass is 10.1. The Labute approximate surface area is 239 Å². The third-order valence-electron chi connectivity index (χ3n) is 7.40. The highest BCUT2D eigenvalue weighted by molar-refractivity contribution is 7.21. The molecule has 1 aromatic heterocycles. The van der Waals surface area contributed by atoms with E-state index in [1.807, 2.05) is 31.2 Å². The van der Waals surface area contributed by atoms with Crippen LogP contribution in [0, 0.1) is 17.0 Å². The van der Waals surface area contributed by atoms with Gasteiger partial charge in [-0.25, -0.2) is 9.88 Å². The molecule has 0 bridgehead atoms. The number of thiazole rings is 1. The fourth-order valence-electron chi connectivity index (χ4n) is 5.32. The molecule has 41 heavy (non-hydrogen) atoms. The predicted octanol–water partition coefficient (Wildman–Crippen LogP) is 5.13. The fraction of sp³-hybridized carbons (Fsp3) is 0.267. The number of imide groups is 1. The van der Waals surface area contributed by atoms with Crippen molar-refractivity contribution in [2.24, 2.45) is 0 Å². The minimum atomic E-state index is -1.05. The van der Waals surface area contributed by atoms with Gasteiger partial charge in [0.25, 0.3) is 17.5 Å². The Morgan fingerprint density at radius 2 is 1.95 bits per heavy atom. The van der Waals surface area contributed by atoms with E-state index in [0.717, 1.165) is 37.7 Å². The number of hydrogen-bond donors (Lipinski definition) is 0. The van der Waals surface area contributed by atoms with Crippen LogP contribution in [0.25, 0.3) is 20.8 Å². The molecule has 2 saturated heterocycles. The van der Waals surface area contributed by atoms with Gasteiger partial charge in [0.2, 0.25) is 5.91 Å². The van der Waals surface area contributed by atoms with Crippen LogP contribution < -0.4 is 4.90 Å². The van der Waals surface area contributed by atoms with E-state index < -0.39 is 28.7 Å². The summed E-state index contributed by atoms with van der Waals surface area (Å²) in [6.45, 7) is 2.69. The second-order valence-electron chi connectivity index (χ2n) is 10.2. The summed E-state index contributed by atoms with van der Waals surface area (Å²) in [4.78, 5) is 58.4.